The third-order valence-corrected chi connectivity index (χ3v) is 5.05. The molecule has 4 aromatic rings. The van der Waals surface area contributed by atoms with Gasteiger partial charge in [-0.3, -0.25) is 0 Å². The van der Waals surface area contributed by atoms with E-state index in [1.54, 1.807) is 17.4 Å². The first-order valence-corrected chi connectivity index (χ1v) is 7.92. The summed E-state index contributed by atoms with van der Waals surface area (Å²) >= 11 is 1.72. The van der Waals surface area contributed by atoms with E-state index in [4.69, 9.17) is 0 Å². The second-order valence-electron chi connectivity index (χ2n) is 5.31. The van der Waals surface area contributed by atoms with Crippen molar-refractivity contribution in [3.05, 3.63) is 66.7 Å². The van der Waals surface area contributed by atoms with Crippen LogP contribution in [0.3, 0.4) is 0 Å². The highest BCUT2D eigenvalue weighted by Crippen LogP contribution is 2.35. The lowest BCUT2D eigenvalue weighted by molar-refractivity contribution is 0.426. The molecule has 1 heterocycles. The van der Waals surface area contributed by atoms with Gasteiger partial charge in [0.2, 0.25) is 0 Å². The summed E-state index contributed by atoms with van der Waals surface area (Å²) < 4.78 is 2.36. The second kappa shape index (κ2) is 5.25. The first kappa shape index (κ1) is 13.5. The van der Waals surface area contributed by atoms with E-state index in [-0.39, 0.29) is 0 Å². The van der Waals surface area contributed by atoms with Gasteiger partial charge < -0.3 is 10.0 Å². The SMILES string of the molecule is OB(O)c1ccc2sc3ccc(-c4ccccc4)cc3c2c1. The average Bonchev–Trinajstić information content (AvgIpc) is 2.92. The van der Waals surface area contributed by atoms with Crippen LogP contribution in [0.25, 0.3) is 31.3 Å². The zero-order chi connectivity index (χ0) is 15.1. The Morgan fingerprint density at radius 1 is 0.682 bits per heavy atom. The fourth-order valence-corrected chi connectivity index (χ4v) is 3.83. The van der Waals surface area contributed by atoms with Gasteiger partial charge in [0.1, 0.15) is 0 Å². The maximum absolute atomic E-state index is 9.38. The van der Waals surface area contributed by atoms with Gasteiger partial charge in [-0.1, -0.05) is 48.5 Å². The highest BCUT2D eigenvalue weighted by Gasteiger charge is 2.13. The van der Waals surface area contributed by atoms with Crippen molar-refractivity contribution in [2.75, 3.05) is 0 Å². The molecule has 0 fully saturated rings. The fourth-order valence-electron chi connectivity index (χ4n) is 2.77. The van der Waals surface area contributed by atoms with Crippen LogP contribution in [-0.2, 0) is 0 Å². The molecular weight excluding hydrogens is 291 g/mol. The maximum Gasteiger partial charge on any atom is 0.488 e. The van der Waals surface area contributed by atoms with E-state index in [1.165, 1.54) is 15.8 Å². The molecule has 3 aromatic carbocycles. The van der Waals surface area contributed by atoms with Crippen LogP contribution in [0, 0.1) is 0 Å². The number of fused-ring (bicyclic) bond motifs is 3. The molecule has 0 unspecified atom stereocenters. The molecule has 0 bridgehead atoms. The number of rotatable bonds is 2. The van der Waals surface area contributed by atoms with E-state index in [1.807, 2.05) is 30.3 Å². The molecule has 0 amide bonds. The molecule has 0 aliphatic heterocycles. The summed E-state index contributed by atoms with van der Waals surface area (Å²) in [6.45, 7) is 0. The van der Waals surface area contributed by atoms with Crippen molar-refractivity contribution in [1.29, 1.82) is 0 Å². The highest BCUT2D eigenvalue weighted by molar-refractivity contribution is 7.25. The van der Waals surface area contributed by atoms with Gasteiger partial charge in [-0.05, 0) is 40.2 Å². The van der Waals surface area contributed by atoms with Crippen LogP contribution >= 0.6 is 11.3 Å². The van der Waals surface area contributed by atoms with Gasteiger partial charge in [-0.25, -0.2) is 0 Å². The third kappa shape index (κ3) is 2.22. The average molecular weight is 304 g/mol. The summed E-state index contributed by atoms with van der Waals surface area (Å²) in [7, 11) is -1.43. The molecule has 2 N–H and O–H groups in total. The Kier molecular flexibility index (Phi) is 3.23. The Labute approximate surface area is 132 Å². The Morgan fingerprint density at radius 3 is 2.09 bits per heavy atom. The molecule has 0 aliphatic carbocycles. The van der Waals surface area contributed by atoms with Gasteiger partial charge in [0.25, 0.3) is 0 Å². The first-order valence-electron chi connectivity index (χ1n) is 7.10. The summed E-state index contributed by atoms with van der Waals surface area (Å²) in [5.74, 6) is 0. The van der Waals surface area contributed by atoms with Crippen molar-refractivity contribution in [3.63, 3.8) is 0 Å². The molecule has 0 spiro atoms. The molecular formula is C18H13BO2S. The van der Waals surface area contributed by atoms with E-state index >= 15 is 0 Å². The Balaban J connectivity index is 1.97. The smallest absolute Gasteiger partial charge is 0.423 e. The van der Waals surface area contributed by atoms with Crippen LogP contribution < -0.4 is 5.46 Å². The van der Waals surface area contributed by atoms with Crippen molar-refractivity contribution in [3.8, 4) is 11.1 Å². The number of hydrogen-bond acceptors (Lipinski definition) is 3. The zero-order valence-electron chi connectivity index (χ0n) is 11.7. The molecule has 4 rings (SSSR count). The van der Waals surface area contributed by atoms with E-state index in [2.05, 4.69) is 30.3 Å². The van der Waals surface area contributed by atoms with Gasteiger partial charge >= 0.3 is 7.12 Å². The van der Waals surface area contributed by atoms with Crippen LogP contribution in [0.4, 0.5) is 0 Å². The Bertz CT molecular complexity index is 961. The Morgan fingerprint density at radius 2 is 1.36 bits per heavy atom. The predicted octanol–water partition coefficient (Wildman–Crippen LogP) is 3.40. The first-order chi connectivity index (χ1) is 10.7. The van der Waals surface area contributed by atoms with E-state index in [9.17, 15) is 10.0 Å². The van der Waals surface area contributed by atoms with Gasteiger partial charge in [-0.15, -0.1) is 11.3 Å². The highest BCUT2D eigenvalue weighted by atomic mass is 32.1. The molecule has 2 nitrogen and oxygen atoms in total. The fraction of sp³-hybridized carbons (Fsp3) is 0. The summed E-state index contributed by atoms with van der Waals surface area (Å²) in [5, 5.41) is 21.0. The van der Waals surface area contributed by atoms with Gasteiger partial charge in [0.05, 0.1) is 0 Å². The van der Waals surface area contributed by atoms with Gasteiger partial charge in [-0.2, -0.15) is 0 Å². The minimum Gasteiger partial charge on any atom is -0.423 e. The number of benzene rings is 3. The quantitative estimate of drug-likeness (QED) is 0.557. The molecule has 4 heteroatoms. The summed E-state index contributed by atoms with van der Waals surface area (Å²) in [5.41, 5.74) is 2.88. The largest absolute Gasteiger partial charge is 0.488 e. The standard InChI is InChI=1S/C18H13BO2S/c20-19(21)14-7-9-18-16(11-14)15-10-13(6-8-17(15)22-18)12-4-2-1-3-5-12/h1-11,20-21H. The lowest BCUT2D eigenvalue weighted by atomic mass is 9.80. The molecule has 0 atom stereocenters. The minimum absolute atomic E-state index is 0.525. The van der Waals surface area contributed by atoms with E-state index < -0.39 is 7.12 Å². The van der Waals surface area contributed by atoms with Crippen LogP contribution in [0.2, 0.25) is 0 Å². The lowest BCUT2D eigenvalue weighted by Gasteiger charge is -2.02. The molecule has 1 aromatic heterocycles. The number of hydrogen-bond donors (Lipinski definition) is 2. The lowest BCUT2D eigenvalue weighted by Crippen LogP contribution is -2.29. The second-order valence-corrected chi connectivity index (χ2v) is 6.39. The summed E-state index contributed by atoms with van der Waals surface area (Å²) in [6.07, 6.45) is 0. The van der Waals surface area contributed by atoms with Gasteiger partial charge in [0.15, 0.2) is 0 Å². The van der Waals surface area contributed by atoms with Crippen molar-refractivity contribution in [2.24, 2.45) is 0 Å². The van der Waals surface area contributed by atoms with Crippen LogP contribution in [-0.4, -0.2) is 17.2 Å². The third-order valence-electron chi connectivity index (χ3n) is 3.90. The van der Waals surface area contributed by atoms with Crippen LogP contribution in [0.15, 0.2) is 66.7 Å². The molecule has 106 valence electrons. The van der Waals surface area contributed by atoms with Crippen molar-refractivity contribution in [2.45, 2.75) is 0 Å². The van der Waals surface area contributed by atoms with Crippen molar-refractivity contribution in [1.82, 2.24) is 0 Å². The molecule has 0 saturated heterocycles. The topological polar surface area (TPSA) is 40.5 Å². The van der Waals surface area contributed by atoms with Gasteiger partial charge in [0, 0.05) is 14.8 Å². The van der Waals surface area contributed by atoms with Crippen molar-refractivity contribution < 1.29 is 10.0 Å². The van der Waals surface area contributed by atoms with Crippen molar-refractivity contribution >= 4 is 44.1 Å². The molecule has 0 aliphatic rings. The molecule has 0 radical (unpaired) electrons. The zero-order valence-corrected chi connectivity index (χ0v) is 12.5. The minimum atomic E-state index is -1.43. The maximum atomic E-state index is 9.38. The molecule has 0 saturated carbocycles. The molecule has 22 heavy (non-hydrogen) atoms. The van der Waals surface area contributed by atoms with E-state index in [0.717, 1.165) is 15.5 Å². The normalized spacial score (nSPS) is 11.2. The summed E-state index contributed by atoms with van der Waals surface area (Å²) in [4.78, 5) is 0. The predicted molar refractivity (Wildman–Crippen MR) is 94.6 cm³/mol. The summed E-state index contributed by atoms with van der Waals surface area (Å²) in [6, 6.07) is 22.3. The van der Waals surface area contributed by atoms with Crippen LogP contribution in [0.1, 0.15) is 0 Å². The number of thiophene rings is 1. The van der Waals surface area contributed by atoms with Crippen LogP contribution in [0.5, 0.6) is 0 Å². The van der Waals surface area contributed by atoms with E-state index in [0.29, 0.717) is 5.46 Å². The monoisotopic (exact) mass is 304 g/mol. The Hall–Kier alpha value is -2.14.